The van der Waals surface area contributed by atoms with E-state index in [0.717, 1.165) is 17.1 Å². The number of aliphatic hydroxyl groups is 1. The van der Waals surface area contributed by atoms with Gasteiger partial charge in [-0.15, -0.1) is 0 Å². The molecule has 100 valence electrons. The van der Waals surface area contributed by atoms with E-state index in [9.17, 15) is 5.11 Å². The maximum Gasteiger partial charge on any atom is 0.127 e. The first-order valence-electron chi connectivity index (χ1n) is 6.38. The maximum absolute atomic E-state index is 10.2. The molecule has 0 fully saturated rings. The molecule has 0 aliphatic rings. The van der Waals surface area contributed by atoms with Crippen molar-refractivity contribution in [2.75, 3.05) is 6.54 Å². The van der Waals surface area contributed by atoms with E-state index >= 15 is 0 Å². The van der Waals surface area contributed by atoms with Crippen LogP contribution in [0.1, 0.15) is 18.9 Å². The lowest BCUT2D eigenvalue weighted by atomic mass is 9.93. The Balaban J connectivity index is 2.11. The highest BCUT2D eigenvalue weighted by molar-refractivity contribution is 5.34. The Morgan fingerprint density at radius 2 is 1.58 bits per heavy atom. The van der Waals surface area contributed by atoms with Crippen molar-refractivity contribution in [1.29, 1.82) is 0 Å². The average molecular weight is 257 g/mol. The third-order valence-corrected chi connectivity index (χ3v) is 3.09. The molecule has 0 saturated heterocycles. The van der Waals surface area contributed by atoms with Crippen molar-refractivity contribution in [2.24, 2.45) is 5.73 Å². The molecule has 1 unspecified atom stereocenters. The van der Waals surface area contributed by atoms with Crippen LogP contribution in [0, 0.1) is 0 Å². The van der Waals surface area contributed by atoms with Crippen LogP contribution in [0.2, 0.25) is 0 Å². The first-order chi connectivity index (χ1) is 9.12. The van der Waals surface area contributed by atoms with Crippen molar-refractivity contribution in [3.05, 3.63) is 60.2 Å². The minimum Gasteiger partial charge on any atom is -0.457 e. The van der Waals surface area contributed by atoms with E-state index < -0.39 is 5.60 Å². The lowest BCUT2D eigenvalue weighted by molar-refractivity contribution is 0.0504. The van der Waals surface area contributed by atoms with E-state index in [1.165, 1.54) is 0 Å². The fraction of sp³-hybridized carbons (Fsp3) is 0.250. The van der Waals surface area contributed by atoms with Gasteiger partial charge in [0.2, 0.25) is 0 Å². The summed E-state index contributed by atoms with van der Waals surface area (Å²) in [6, 6.07) is 17.0. The van der Waals surface area contributed by atoms with Crippen molar-refractivity contribution < 1.29 is 9.84 Å². The van der Waals surface area contributed by atoms with Crippen molar-refractivity contribution >= 4 is 0 Å². The van der Waals surface area contributed by atoms with Gasteiger partial charge in [0, 0.05) is 0 Å². The number of hydrogen-bond donors (Lipinski definition) is 2. The van der Waals surface area contributed by atoms with E-state index in [1.54, 1.807) is 6.92 Å². The molecular formula is C16H19NO2. The van der Waals surface area contributed by atoms with Crippen molar-refractivity contribution in [1.82, 2.24) is 0 Å². The molecule has 2 aromatic rings. The molecule has 19 heavy (non-hydrogen) atoms. The van der Waals surface area contributed by atoms with Crippen molar-refractivity contribution in [2.45, 2.75) is 18.9 Å². The molecular weight excluding hydrogens is 238 g/mol. The molecule has 3 N–H and O–H groups in total. The molecule has 1 atom stereocenters. The van der Waals surface area contributed by atoms with Crippen LogP contribution in [0.5, 0.6) is 11.5 Å². The van der Waals surface area contributed by atoms with E-state index in [1.807, 2.05) is 54.6 Å². The SMILES string of the molecule is CC(O)(CCN)c1ccc(Oc2ccccc2)cc1. The lowest BCUT2D eigenvalue weighted by Crippen LogP contribution is -2.24. The zero-order chi connectivity index (χ0) is 13.7. The fourth-order valence-corrected chi connectivity index (χ4v) is 1.93. The van der Waals surface area contributed by atoms with E-state index in [2.05, 4.69) is 0 Å². The molecule has 3 nitrogen and oxygen atoms in total. The summed E-state index contributed by atoms with van der Waals surface area (Å²) in [5.74, 6) is 1.54. The summed E-state index contributed by atoms with van der Waals surface area (Å²) >= 11 is 0. The van der Waals surface area contributed by atoms with Gasteiger partial charge in [0.15, 0.2) is 0 Å². The number of rotatable bonds is 5. The average Bonchev–Trinajstić information content (AvgIpc) is 2.40. The van der Waals surface area contributed by atoms with E-state index in [-0.39, 0.29) is 0 Å². The Labute approximate surface area is 113 Å². The first-order valence-corrected chi connectivity index (χ1v) is 6.38. The summed E-state index contributed by atoms with van der Waals surface area (Å²) < 4.78 is 5.70. The predicted octanol–water partition coefficient (Wildman–Crippen LogP) is 3.04. The molecule has 0 spiro atoms. The van der Waals surface area contributed by atoms with Crippen LogP contribution in [0.4, 0.5) is 0 Å². The number of nitrogens with two attached hydrogens (primary N) is 1. The van der Waals surface area contributed by atoms with Crippen LogP contribution in [0.15, 0.2) is 54.6 Å². The predicted molar refractivity (Wildman–Crippen MR) is 76.2 cm³/mol. The van der Waals surface area contributed by atoms with Gasteiger partial charge in [-0.25, -0.2) is 0 Å². The quantitative estimate of drug-likeness (QED) is 0.865. The molecule has 0 aromatic heterocycles. The van der Waals surface area contributed by atoms with Crippen LogP contribution in [-0.2, 0) is 5.60 Å². The highest BCUT2D eigenvalue weighted by Gasteiger charge is 2.21. The van der Waals surface area contributed by atoms with Gasteiger partial charge < -0.3 is 15.6 Å². The molecule has 3 heteroatoms. The number of ether oxygens (including phenoxy) is 1. The molecule has 0 amide bonds. The Kier molecular flexibility index (Phi) is 4.20. The topological polar surface area (TPSA) is 55.5 Å². The largest absolute Gasteiger partial charge is 0.457 e. The summed E-state index contributed by atoms with van der Waals surface area (Å²) in [6.07, 6.45) is 0.534. The molecule has 0 aliphatic carbocycles. The van der Waals surface area contributed by atoms with Crippen LogP contribution in [-0.4, -0.2) is 11.7 Å². The second-order valence-corrected chi connectivity index (χ2v) is 4.75. The van der Waals surface area contributed by atoms with Gasteiger partial charge in [0.05, 0.1) is 5.60 Å². The van der Waals surface area contributed by atoms with Crippen LogP contribution < -0.4 is 10.5 Å². The van der Waals surface area contributed by atoms with Crippen LogP contribution >= 0.6 is 0 Å². The summed E-state index contributed by atoms with van der Waals surface area (Å²) in [5, 5.41) is 10.2. The summed E-state index contributed by atoms with van der Waals surface area (Å²) in [6.45, 7) is 2.22. The zero-order valence-electron chi connectivity index (χ0n) is 11.0. The summed E-state index contributed by atoms with van der Waals surface area (Å²) in [7, 11) is 0. The van der Waals surface area contributed by atoms with Gasteiger partial charge in [-0.3, -0.25) is 0 Å². The highest BCUT2D eigenvalue weighted by atomic mass is 16.5. The lowest BCUT2D eigenvalue weighted by Gasteiger charge is -2.23. The van der Waals surface area contributed by atoms with Gasteiger partial charge in [0.25, 0.3) is 0 Å². The highest BCUT2D eigenvalue weighted by Crippen LogP contribution is 2.27. The molecule has 0 heterocycles. The number of benzene rings is 2. The normalized spacial score (nSPS) is 13.8. The molecule has 0 aliphatic heterocycles. The second-order valence-electron chi connectivity index (χ2n) is 4.75. The molecule has 0 bridgehead atoms. The summed E-state index contributed by atoms with van der Waals surface area (Å²) in [5.41, 5.74) is 5.46. The second kappa shape index (κ2) is 5.87. The fourth-order valence-electron chi connectivity index (χ4n) is 1.93. The zero-order valence-corrected chi connectivity index (χ0v) is 11.0. The van der Waals surface area contributed by atoms with Gasteiger partial charge in [-0.1, -0.05) is 30.3 Å². The standard InChI is InChI=1S/C16H19NO2/c1-16(18,11-12-17)13-7-9-15(10-8-13)19-14-5-3-2-4-6-14/h2-10,18H,11-12,17H2,1H3. The van der Waals surface area contributed by atoms with Gasteiger partial charge in [-0.05, 0) is 49.7 Å². The number of para-hydroxylation sites is 1. The van der Waals surface area contributed by atoms with Crippen molar-refractivity contribution in [3.63, 3.8) is 0 Å². The van der Waals surface area contributed by atoms with Gasteiger partial charge in [-0.2, -0.15) is 0 Å². The first kappa shape index (κ1) is 13.6. The molecule has 2 aromatic carbocycles. The van der Waals surface area contributed by atoms with Gasteiger partial charge >= 0.3 is 0 Å². The molecule has 0 radical (unpaired) electrons. The third-order valence-electron chi connectivity index (χ3n) is 3.09. The Bertz CT molecular complexity index is 506. The smallest absolute Gasteiger partial charge is 0.127 e. The minimum atomic E-state index is -0.889. The van der Waals surface area contributed by atoms with Crippen molar-refractivity contribution in [3.8, 4) is 11.5 Å². The Morgan fingerprint density at radius 1 is 1.00 bits per heavy atom. The minimum absolute atomic E-state index is 0.454. The van der Waals surface area contributed by atoms with Crippen LogP contribution in [0.25, 0.3) is 0 Å². The maximum atomic E-state index is 10.2. The van der Waals surface area contributed by atoms with E-state index in [4.69, 9.17) is 10.5 Å². The monoisotopic (exact) mass is 257 g/mol. The third kappa shape index (κ3) is 3.56. The van der Waals surface area contributed by atoms with Gasteiger partial charge in [0.1, 0.15) is 11.5 Å². The summed E-state index contributed by atoms with van der Waals surface area (Å²) in [4.78, 5) is 0. The van der Waals surface area contributed by atoms with E-state index in [0.29, 0.717) is 13.0 Å². The molecule has 0 saturated carbocycles. The number of hydrogen-bond acceptors (Lipinski definition) is 3. The van der Waals surface area contributed by atoms with Crippen LogP contribution in [0.3, 0.4) is 0 Å². The molecule has 2 rings (SSSR count). The Morgan fingerprint density at radius 3 is 2.16 bits per heavy atom. The Hall–Kier alpha value is -1.84.